The molecule has 5 heteroatoms. The van der Waals surface area contributed by atoms with Gasteiger partial charge in [-0.1, -0.05) is 30.3 Å². The van der Waals surface area contributed by atoms with Gasteiger partial charge in [-0.15, -0.1) is 0 Å². The van der Waals surface area contributed by atoms with Gasteiger partial charge in [-0.25, -0.2) is 0 Å². The van der Waals surface area contributed by atoms with Gasteiger partial charge >= 0.3 is 0 Å². The predicted molar refractivity (Wildman–Crippen MR) is 90.0 cm³/mol. The van der Waals surface area contributed by atoms with Crippen molar-refractivity contribution in [1.29, 1.82) is 0 Å². The molecule has 1 aliphatic heterocycles. The maximum Gasteiger partial charge on any atom is 0.251 e. The number of carbonyl (C=O) groups is 2. The van der Waals surface area contributed by atoms with Gasteiger partial charge in [0, 0.05) is 24.2 Å². The fourth-order valence-corrected chi connectivity index (χ4v) is 3.11. The highest BCUT2D eigenvalue weighted by Gasteiger charge is 2.30. The number of nitrogens with zero attached hydrogens (tertiary/aromatic N) is 1. The van der Waals surface area contributed by atoms with E-state index in [0.29, 0.717) is 12.1 Å². The van der Waals surface area contributed by atoms with Crippen LogP contribution in [-0.4, -0.2) is 41.9 Å². The molecular weight excluding hydrogens is 290 g/mol. The minimum atomic E-state index is -0.236. The van der Waals surface area contributed by atoms with Crippen LogP contribution in [0, 0.1) is 0 Å². The molecule has 0 aromatic heterocycles. The van der Waals surface area contributed by atoms with Crippen LogP contribution in [0.3, 0.4) is 0 Å². The van der Waals surface area contributed by atoms with Gasteiger partial charge in [0.25, 0.3) is 5.91 Å². The first-order valence-corrected chi connectivity index (χ1v) is 7.86. The van der Waals surface area contributed by atoms with Gasteiger partial charge in [0.05, 0.1) is 6.54 Å². The largest absolute Gasteiger partial charge is 0.343 e. The Balaban J connectivity index is 1.63. The highest BCUT2D eigenvalue weighted by Crippen LogP contribution is 2.17. The molecule has 0 aliphatic carbocycles. The number of hydrogen-bond donors (Lipinski definition) is 2. The fourth-order valence-electron chi connectivity index (χ4n) is 3.11. The average Bonchev–Trinajstić information content (AvgIpc) is 2.90. The van der Waals surface area contributed by atoms with E-state index in [1.807, 2.05) is 43.3 Å². The van der Waals surface area contributed by atoms with Gasteiger partial charge in [-0.2, -0.15) is 0 Å². The number of carbonyl (C=O) groups excluding carboxylic acids is 2. The quantitative estimate of drug-likeness (QED) is 0.902. The molecule has 2 amide bonds. The van der Waals surface area contributed by atoms with Crippen molar-refractivity contribution in [2.45, 2.75) is 25.4 Å². The normalized spacial score (nSPS) is 20.7. The Kier molecular flexibility index (Phi) is 4.30. The van der Waals surface area contributed by atoms with Crippen LogP contribution in [0.5, 0.6) is 0 Å². The third kappa shape index (κ3) is 3.35. The van der Waals surface area contributed by atoms with Crippen LogP contribution in [-0.2, 0) is 4.79 Å². The number of fused-ring (bicyclic) bond motifs is 1. The van der Waals surface area contributed by atoms with Crippen LogP contribution >= 0.6 is 0 Å². The van der Waals surface area contributed by atoms with E-state index >= 15 is 0 Å². The van der Waals surface area contributed by atoms with E-state index in [2.05, 4.69) is 5.32 Å². The zero-order valence-electron chi connectivity index (χ0n) is 13.2. The second-order valence-corrected chi connectivity index (χ2v) is 6.14. The molecule has 1 saturated heterocycles. The van der Waals surface area contributed by atoms with Crippen LogP contribution in [0.2, 0.25) is 0 Å². The minimum Gasteiger partial charge on any atom is -0.343 e. The maximum atomic E-state index is 12.2. The molecule has 0 spiro atoms. The van der Waals surface area contributed by atoms with Gasteiger partial charge in [-0.05, 0) is 36.2 Å². The zero-order chi connectivity index (χ0) is 16.4. The van der Waals surface area contributed by atoms with E-state index in [9.17, 15) is 9.59 Å². The van der Waals surface area contributed by atoms with Crippen LogP contribution in [0.4, 0.5) is 0 Å². The third-order valence-corrected chi connectivity index (χ3v) is 4.34. The molecule has 5 nitrogen and oxygen atoms in total. The summed E-state index contributed by atoms with van der Waals surface area (Å²) in [5, 5.41) is 4.79. The van der Waals surface area contributed by atoms with Crippen molar-refractivity contribution in [3.8, 4) is 0 Å². The first-order valence-electron chi connectivity index (χ1n) is 7.86. The lowest BCUT2D eigenvalue weighted by Gasteiger charge is -2.21. The van der Waals surface area contributed by atoms with E-state index in [1.165, 1.54) is 0 Å². The lowest BCUT2D eigenvalue weighted by molar-refractivity contribution is -0.130. The SMILES string of the molecule is CC1CC(N)CN1C(=O)CNC(=O)c1ccc2ccccc2c1. The Morgan fingerprint density at radius 2 is 1.96 bits per heavy atom. The molecule has 120 valence electrons. The minimum absolute atomic E-state index is 0.00270. The number of benzene rings is 2. The summed E-state index contributed by atoms with van der Waals surface area (Å²) in [5.41, 5.74) is 6.43. The first-order chi connectivity index (χ1) is 11.0. The molecule has 1 aliphatic rings. The number of likely N-dealkylation sites (tertiary alicyclic amines) is 1. The molecule has 1 fully saturated rings. The van der Waals surface area contributed by atoms with Gasteiger partial charge in [0.15, 0.2) is 0 Å². The van der Waals surface area contributed by atoms with Crippen LogP contribution in [0.1, 0.15) is 23.7 Å². The molecule has 1 heterocycles. The summed E-state index contributed by atoms with van der Waals surface area (Å²) < 4.78 is 0. The molecule has 0 saturated carbocycles. The topological polar surface area (TPSA) is 75.4 Å². The van der Waals surface area contributed by atoms with Crippen molar-refractivity contribution >= 4 is 22.6 Å². The fraction of sp³-hybridized carbons (Fsp3) is 0.333. The van der Waals surface area contributed by atoms with Crippen molar-refractivity contribution in [2.75, 3.05) is 13.1 Å². The number of rotatable bonds is 3. The van der Waals surface area contributed by atoms with E-state index < -0.39 is 0 Å². The average molecular weight is 311 g/mol. The number of hydrogen-bond acceptors (Lipinski definition) is 3. The molecule has 2 aromatic rings. The van der Waals surface area contributed by atoms with Crippen molar-refractivity contribution in [3.05, 3.63) is 48.0 Å². The summed E-state index contributed by atoms with van der Waals surface area (Å²) in [6, 6.07) is 13.5. The summed E-state index contributed by atoms with van der Waals surface area (Å²) in [4.78, 5) is 26.2. The Labute approximate surface area is 135 Å². The molecule has 0 radical (unpaired) electrons. The summed E-state index contributed by atoms with van der Waals surface area (Å²) in [6.07, 6.45) is 0.810. The molecule has 2 aromatic carbocycles. The lowest BCUT2D eigenvalue weighted by atomic mass is 10.1. The van der Waals surface area contributed by atoms with Crippen LogP contribution < -0.4 is 11.1 Å². The molecule has 23 heavy (non-hydrogen) atoms. The summed E-state index contributed by atoms with van der Waals surface area (Å²) in [7, 11) is 0. The Bertz CT molecular complexity index is 744. The monoisotopic (exact) mass is 311 g/mol. The van der Waals surface area contributed by atoms with E-state index in [-0.39, 0.29) is 30.4 Å². The predicted octanol–water partition coefficient (Wildman–Crippen LogP) is 1.52. The van der Waals surface area contributed by atoms with Crippen molar-refractivity contribution in [1.82, 2.24) is 10.2 Å². The lowest BCUT2D eigenvalue weighted by Crippen LogP contribution is -2.42. The van der Waals surface area contributed by atoms with Gasteiger partial charge in [-0.3, -0.25) is 9.59 Å². The first kappa shape index (κ1) is 15.5. The smallest absolute Gasteiger partial charge is 0.251 e. The Morgan fingerprint density at radius 1 is 1.22 bits per heavy atom. The van der Waals surface area contributed by atoms with Crippen molar-refractivity contribution in [3.63, 3.8) is 0 Å². The number of nitrogens with one attached hydrogen (secondary N) is 1. The molecule has 2 unspecified atom stereocenters. The number of nitrogens with two attached hydrogens (primary N) is 1. The maximum absolute atomic E-state index is 12.2. The molecule has 0 bridgehead atoms. The molecule has 2 atom stereocenters. The second kappa shape index (κ2) is 6.38. The number of amides is 2. The summed E-state index contributed by atoms with van der Waals surface area (Å²) in [5.74, 6) is -0.320. The molecule has 3 rings (SSSR count). The van der Waals surface area contributed by atoms with Crippen molar-refractivity contribution < 1.29 is 9.59 Å². The van der Waals surface area contributed by atoms with E-state index in [1.54, 1.807) is 11.0 Å². The summed E-state index contributed by atoms with van der Waals surface area (Å²) >= 11 is 0. The summed E-state index contributed by atoms with van der Waals surface area (Å²) in [6.45, 7) is 2.55. The molecule has 3 N–H and O–H groups in total. The second-order valence-electron chi connectivity index (χ2n) is 6.14. The van der Waals surface area contributed by atoms with Crippen molar-refractivity contribution in [2.24, 2.45) is 5.73 Å². The van der Waals surface area contributed by atoms with Crippen LogP contribution in [0.15, 0.2) is 42.5 Å². The van der Waals surface area contributed by atoms with Gasteiger partial charge in [0.1, 0.15) is 0 Å². The standard InChI is InChI=1S/C18H21N3O2/c1-12-8-16(19)11-21(12)17(22)10-20-18(23)15-7-6-13-4-2-3-5-14(13)9-15/h2-7,9,12,16H,8,10-11,19H2,1H3,(H,20,23). The van der Waals surface area contributed by atoms with Gasteiger partial charge in [0.2, 0.25) is 5.91 Å². The van der Waals surface area contributed by atoms with E-state index in [4.69, 9.17) is 5.73 Å². The molecular formula is C18H21N3O2. The highest BCUT2D eigenvalue weighted by atomic mass is 16.2. The highest BCUT2D eigenvalue weighted by molar-refractivity contribution is 6.00. The van der Waals surface area contributed by atoms with Crippen LogP contribution in [0.25, 0.3) is 10.8 Å². The Morgan fingerprint density at radius 3 is 2.65 bits per heavy atom. The van der Waals surface area contributed by atoms with E-state index in [0.717, 1.165) is 17.2 Å². The zero-order valence-corrected chi connectivity index (χ0v) is 13.2. The Hall–Kier alpha value is -2.40. The van der Waals surface area contributed by atoms with Gasteiger partial charge < -0.3 is 16.0 Å². The third-order valence-electron chi connectivity index (χ3n) is 4.34.